The van der Waals surface area contributed by atoms with E-state index in [9.17, 15) is 0 Å². The van der Waals surface area contributed by atoms with Crippen molar-refractivity contribution in [3.05, 3.63) is 230 Å². The molecule has 296 valence electrons. The van der Waals surface area contributed by atoms with Gasteiger partial charge in [0.1, 0.15) is 34.6 Å². The highest BCUT2D eigenvalue weighted by molar-refractivity contribution is 7.00. The third-order valence-electron chi connectivity index (χ3n) is 11.9. The van der Waals surface area contributed by atoms with Crippen LogP contribution in [0.15, 0.2) is 206 Å². The molecule has 0 atom stereocenters. The van der Waals surface area contributed by atoms with Gasteiger partial charge in [0.2, 0.25) is 0 Å². The summed E-state index contributed by atoms with van der Waals surface area (Å²) in [5, 5.41) is 0. The van der Waals surface area contributed by atoms with Gasteiger partial charge in [-0.1, -0.05) is 133 Å². The van der Waals surface area contributed by atoms with Gasteiger partial charge in [0.05, 0.1) is 5.69 Å². The number of halogens is 4. The van der Waals surface area contributed by atoms with Gasteiger partial charge in [0.25, 0.3) is 6.71 Å². The number of hydrogen-bond acceptors (Lipinski definition) is 3. The highest BCUT2D eigenvalue weighted by Gasteiger charge is 2.46. The van der Waals surface area contributed by atoms with Crippen molar-refractivity contribution >= 4 is 74.3 Å². The summed E-state index contributed by atoms with van der Waals surface area (Å²) in [6, 6.07) is 63.0. The summed E-state index contributed by atoms with van der Waals surface area (Å²) in [4.78, 5) is 5.33. The van der Waals surface area contributed by atoms with Gasteiger partial charge < -0.3 is 14.7 Å². The lowest BCUT2D eigenvalue weighted by Crippen LogP contribution is -2.61. The molecule has 2 heterocycles. The second-order valence-electron chi connectivity index (χ2n) is 15.4. The number of nitrogens with zero attached hydrogens (tertiary/aromatic N) is 3. The molecule has 0 radical (unpaired) electrons. The van der Waals surface area contributed by atoms with Crippen molar-refractivity contribution in [2.75, 3.05) is 14.7 Å². The van der Waals surface area contributed by atoms with Crippen molar-refractivity contribution in [3.63, 3.8) is 0 Å². The average Bonchev–Trinajstić information content (AvgIpc) is 3.31. The Bertz CT molecular complexity index is 2900. The molecule has 11 rings (SSSR count). The second-order valence-corrected chi connectivity index (χ2v) is 15.4. The fourth-order valence-electron chi connectivity index (χ4n) is 9.23. The first-order chi connectivity index (χ1) is 30.4. The first kappa shape index (κ1) is 37.2. The summed E-state index contributed by atoms with van der Waals surface area (Å²) in [6.45, 7) is -0.551. The van der Waals surface area contributed by atoms with E-state index < -0.39 is 30.0 Å². The first-order valence-corrected chi connectivity index (χ1v) is 20.4. The highest BCUT2D eigenvalue weighted by Crippen LogP contribution is 2.50. The SMILES string of the molecule is Fc1cccc(F)c1N1c2ccc(-c3ccccc3)cc2B2c3cc(-c4ccccc4)ccc3N(c3c(F)cccc3F)c3cc(N(c4ccccc4)c4ccccc4)cc1c32. The summed E-state index contributed by atoms with van der Waals surface area (Å²) in [5.74, 6) is -3.04. The van der Waals surface area contributed by atoms with E-state index in [1.807, 2.05) is 163 Å². The smallest absolute Gasteiger partial charge is 0.252 e. The van der Waals surface area contributed by atoms with Crippen LogP contribution in [-0.4, -0.2) is 6.71 Å². The van der Waals surface area contributed by atoms with Crippen molar-refractivity contribution in [3.8, 4) is 22.3 Å². The average molecular weight is 812 g/mol. The van der Waals surface area contributed by atoms with Crippen molar-refractivity contribution in [1.82, 2.24) is 0 Å². The molecular formula is C54H34BF4N3. The molecule has 2 aliphatic rings. The molecule has 0 aromatic heterocycles. The maximum Gasteiger partial charge on any atom is 0.252 e. The van der Waals surface area contributed by atoms with Gasteiger partial charge in [-0.25, -0.2) is 17.6 Å². The molecule has 0 bridgehead atoms. The molecule has 0 saturated carbocycles. The van der Waals surface area contributed by atoms with Crippen molar-refractivity contribution < 1.29 is 17.6 Å². The van der Waals surface area contributed by atoms with E-state index in [4.69, 9.17) is 0 Å². The zero-order chi connectivity index (χ0) is 41.9. The van der Waals surface area contributed by atoms with Gasteiger partial charge in [0, 0.05) is 34.1 Å². The predicted molar refractivity (Wildman–Crippen MR) is 246 cm³/mol. The van der Waals surface area contributed by atoms with E-state index in [2.05, 4.69) is 12.1 Å². The minimum Gasteiger partial charge on any atom is -0.310 e. The summed E-state index contributed by atoms with van der Waals surface area (Å²) in [7, 11) is 0. The molecule has 0 unspecified atom stereocenters. The second kappa shape index (κ2) is 15.0. The van der Waals surface area contributed by atoms with Crippen molar-refractivity contribution in [1.29, 1.82) is 0 Å². The van der Waals surface area contributed by atoms with E-state index in [1.54, 1.807) is 9.80 Å². The molecular weight excluding hydrogens is 777 g/mol. The molecule has 0 fully saturated rings. The summed E-state index contributed by atoms with van der Waals surface area (Å²) < 4.78 is 66.3. The summed E-state index contributed by atoms with van der Waals surface area (Å²) in [6.07, 6.45) is 0. The predicted octanol–water partition coefficient (Wildman–Crippen LogP) is 13.1. The van der Waals surface area contributed by atoms with Gasteiger partial charge in [-0.2, -0.15) is 0 Å². The number of rotatable bonds is 7. The summed E-state index contributed by atoms with van der Waals surface area (Å²) in [5.41, 5.74) is 9.67. The van der Waals surface area contributed by atoms with E-state index in [0.29, 0.717) is 33.9 Å². The molecule has 2 aliphatic heterocycles. The van der Waals surface area contributed by atoms with Crippen LogP contribution in [0.25, 0.3) is 22.3 Å². The van der Waals surface area contributed by atoms with Crippen LogP contribution < -0.4 is 31.1 Å². The molecule has 0 amide bonds. The highest BCUT2D eigenvalue weighted by atomic mass is 19.1. The number of anilines is 9. The van der Waals surface area contributed by atoms with Crippen LogP contribution in [0, 0.1) is 23.3 Å². The Morgan fingerprint density at radius 3 is 1.08 bits per heavy atom. The van der Waals surface area contributed by atoms with Crippen molar-refractivity contribution in [2.45, 2.75) is 0 Å². The number of fused-ring (bicyclic) bond motifs is 4. The van der Waals surface area contributed by atoms with Gasteiger partial charge in [-0.3, -0.25) is 0 Å². The number of benzene rings is 9. The monoisotopic (exact) mass is 811 g/mol. The van der Waals surface area contributed by atoms with Crippen LogP contribution in [0.5, 0.6) is 0 Å². The van der Waals surface area contributed by atoms with Crippen LogP contribution in [0.4, 0.5) is 68.7 Å². The van der Waals surface area contributed by atoms with Crippen LogP contribution in [0.1, 0.15) is 0 Å². The minimum atomic E-state index is -0.761. The molecule has 62 heavy (non-hydrogen) atoms. The Labute approximate surface area is 357 Å². The third-order valence-corrected chi connectivity index (χ3v) is 11.9. The lowest BCUT2D eigenvalue weighted by Gasteiger charge is -2.45. The van der Waals surface area contributed by atoms with E-state index >= 15 is 17.6 Å². The topological polar surface area (TPSA) is 9.72 Å². The van der Waals surface area contributed by atoms with Crippen LogP contribution in [-0.2, 0) is 0 Å². The molecule has 0 aliphatic carbocycles. The molecule has 8 heteroatoms. The fraction of sp³-hybridized carbons (Fsp3) is 0. The Balaban J connectivity index is 1.30. The Kier molecular flexibility index (Phi) is 9.00. The van der Waals surface area contributed by atoms with Gasteiger partial charge >= 0.3 is 0 Å². The van der Waals surface area contributed by atoms with Crippen LogP contribution in [0.3, 0.4) is 0 Å². The fourth-order valence-corrected chi connectivity index (χ4v) is 9.23. The summed E-state index contributed by atoms with van der Waals surface area (Å²) >= 11 is 0. The zero-order valence-electron chi connectivity index (χ0n) is 33.1. The molecule has 0 N–H and O–H groups in total. The van der Waals surface area contributed by atoms with E-state index in [-0.39, 0.29) is 11.4 Å². The minimum absolute atomic E-state index is 0.266. The van der Waals surface area contributed by atoms with Crippen molar-refractivity contribution in [2.24, 2.45) is 0 Å². The molecule has 0 spiro atoms. The maximum absolute atomic E-state index is 16.6. The largest absolute Gasteiger partial charge is 0.310 e. The zero-order valence-corrected chi connectivity index (χ0v) is 33.1. The van der Waals surface area contributed by atoms with Crippen LogP contribution in [0.2, 0.25) is 0 Å². The standard InChI is InChI=1S/C54H34BF4N3/c56-44-23-13-24-45(57)53(44)61-48-29-27-37(35-15-5-1-6-16-35)31-42(48)55-43-32-38(36-17-7-2-8-18-36)28-30-49(43)62(54-46(58)25-14-26-47(54)59)51-34-41(33-50(61)52(51)55)60(39-19-9-3-10-20-39)40-21-11-4-12-22-40/h1-34H. The van der Waals surface area contributed by atoms with E-state index in [0.717, 1.165) is 44.6 Å². The molecule has 9 aromatic carbocycles. The van der Waals surface area contributed by atoms with Gasteiger partial charge in [-0.05, 0) is 111 Å². The number of para-hydroxylation sites is 4. The lowest BCUT2D eigenvalue weighted by molar-refractivity contribution is 0.585. The normalized spacial score (nSPS) is 12.4. The Morgan fingerprint density at radius 2 is 0.694 bits per heavy atom. The molecule has 3 nitrogen and oxygen atoms in total. The molecule has 9 aromatic rings. The number of hydrogen-bond donors (Lipinski definition) is 0. The third kappa shape index (κ3) is 6.06. The molecule has 0 saturated heterocycles. The maximum atomic E-state index is 16.6. The lowest BCUT2D eigenvalue weighted by atomic mass is 9.33. The van der Waals surface area contributed by atoms with Gasteiger partial charge in [0.15, 0.2) is 0 Å². The quantitative estimate of drug-likeness (QED) is 0.117. The van der Waals surface area contributed by atoms with E-state index in [1.165, 1.54) is 36.4 Å². The van der Waals surface area contributed by atoms with Gasteiger partial charge in [-0.15, -0.1) is 0 Å². The Morgan fingerprint density at radius 1 is 0.323 bits per heavy atom. The van der Waals surface area contributed by atoms with Crippen LogP contribution >= 0.6 is 0 Å². The first-order valence-electron chi connectivity index (χ1n) is 20.4. The Hall–Kier alpha value is -7.84.